The van der Waals surface area contributed by atoms with E-state index in [4.69, 9.17) is 13.3 Å². The lowest BCUT2D eigenvalue weighted by Gasteiger charge is -2.28. The summed E-state index contributed by atoms with van der Waals surface area (Å²) >= 11 is 0. The van der Waals surface area contributed by atoms with Gasteiger partial charge < -0.3 is 13.3 Å². The van der Waals surface area contributed by atoms with Gasteiger partial charge in [-0.2, -0.15) is 0 Å². The number of hydrogen-bond donors (Lipinski definition) is 0. The molecule has 0 N–H and O–H groups in total. The van der Waals surface area contributed by atoms with Gasteiger partial charge in [-0.05, 0) is 76.6 Å². The van der Waals surface area contributed by atoms with Gasteiger partial charge in [-0.3, -0.25) is 4.79 Å². The minimum atomic E-state index is -1.97. The maximum absolute atomic E-state index is 12.6. The average molecular weight is 385 g/mol. The van der Waals surface area contributed by atoms with Crippen molar-refractivity contribution in [3.63, 3.8) is 0 Å². The molecule has 0 aliphatic rings. The Bertz CT molecular complexity index is 551. The fraction of sp³-hybridized carbons (Fsp3) is 0.588. The lowest BCUT2D eigenvalue weighted by Crippen LogP contribution is -2.37. The Hall–Kier alpha value is -0.899. The molecule has 1 aromatic carbocycles. The van der Waals surface area contributed by atoms with Crippen LogP contribution < -0.4 is 4.43 Å². The van der Waals surface area contributed by atoms with Crippen molar-refractivity contribution in [3.8, 4) is 5.75 Å². The zero-order valence-corrected chi connectivity index (χ0v) is 19.5. The van der Waals surface area contributed by atoms with Crippen molar-refractivity contribution < 1.29 is 18.1 Å². The van der Waals surface area contributed by atoms with E-state index in [-0.39, 0.29) is 5.97 Å². The molecular formula is C17H32O4Si3. The fourth-order valence-electron chi connectivity index (χ4n) is 2.03. The van der Waals surface area contributed by atoms with Crippen LogP contribution in [0.15, 0.2) is 24.3 Å². The van der Waals surface area contributed by atoms with Crippen LogP contribution in [-0.2, 0) is 13.6 Å². The van der Waals surface area contributed by atoms with E-state index in [2.05, 4.69) is 39.3 Å². The summed E-state index contributed by atoms with van der Waals surface area (Å²) in [4.78, 5) is 12.6. The summed E-state index contributed by atoms with van der Waals surface area (Å²) in [5.74, 6) is 0.554. The number of hydrogen-bond acceptors (Lipinski definition) is 4. The maximum Gasteiger partial charge on any atom is 0.325 e. The van der Waals surface area contributed by atoms with Crippen LogP contribution in [0.3, 0.4) is 0 Å². The standard InChI is InChI=1S/C17H32O4Si3/c1-22(2,3)19-15-12-10-14(11-13-15)16(20-23(4,5)6)17(18)21-24(7,8)9/h10-13,16H,1-9H3/t16-/m1/s1. The van der Waals surface area contributed by atoms with Crippen LogP contribution in [-0.4, -0.2) is 30.9 Å². The molecular weight excluding hydrogens is 352 g/mol. The molecule has 0 unspecified atom stereocenters. The highest BCUT2D eigenvalue weighted by atomic mass is 28.4. The largest absolute Gasteiger partial charge is 0.544 e. The second-order valence-electron chi connectivity index (χ2n) is 8.93. The predicted octanol–water partition coefficient (Wildman–Crippen LogP) is 5.17. The Morgan fingerprint density at radius 2 is 1.29 bits per heavy atom. The van der Waals surface area contributed by atoms with Crippen LogP contribution in [0.4, 0.5) is 0 Å². The van der Waals surface area contributed by atoms with E-state index in [0.717, 1.165) is 11.3 Å². The maximum atomic E-state index is 12.6. The first-order chi connectivity index (χ1) is 10.7. The van der Waals surface area contributed by atoms with E-state index in [1.807, 2.05) is 43.9 Å². The van der Waals surface area contributed by atoms with Gasteiger partial charge >= 0.3 is 5.97 Å². The van der Waals surface area contributed by atoms with Gasteiger partial charge in [0.25, 0.3) is 0 Å². The molecule has 7 heteroatoms. The molecule has 1 aromatic rings. The topological polar surface area (TPSA) is 44.8 Å². The van der Waals surface area contributed by atoms with Gasteiger partial charge in [-0.1, -0.05) is 12.1 Å². The second-order valence-corrected chi connectivity index (χ2v) is 22.2. The van der Waals surface area contributed by atoms with Crippen LogP contribution in [0.1, 0.15) is 11.7 Å². The van der Waals surface area contributed by atoms with Crippen molar-refractivity contribution in [1.82, 2.24) is 0 Å². The van der Waals surface area contributed by atoms with Gasteiger partial charge in [0.1, 0.15) is 5.75 Å². The van der Waals surface area contributed by atoms with Gasteiger partial charge in [0.2, 0.25) is 16.6 Å². The highest BCUT2D eigenvalue weighted by molar-refractivity contribution is 6.71. The molecule has 0 aromatic heterocycles. The summed E-state index contributed by atoms with van der Waals surface area (Å²) in [6.07, 6.45) is -0.663. The van der Waals surface area contributed by atoms with Crippen LogP contribution >= 0.6 is 0 Å². The minimum absolute atomic E-state index is 0.282. The first kappa shape index (κ1) is 21.1. The third-order valence-electron chi connectivity index (χ3n) is 2.70. The highest BCUT2D eigenvalue weighted by Crippen LogP contribution is 2.27. The summed E-state index contributed by atoms with van der Waals surface area (Å²) in [6, 6.07) is 7.64. The van der Waals surface area contributed by atoms with Crippen molar-refractivity contribution >= 4 is 30.9 Å². The van der Waals surface area contributed by atoms with Crippen LogP contribution in [0.5, 0.6) is 5.75 Å². The van der Waals surface area contributed by atoms with Crippen LogP contribution in [0.25, 0.3) is 0 Å². The molecule has 0 saturated carbocycles. The SMILES string of the molecule is C[Si](C)(C)OC(=O)[C@H](O[Si](C)(C)C)c1ccc(O[Si](C)(C)C)cc1. The summed E-state index contributed by atoms with van der Waals surface area (Å²) in [5, 5.41) is 0. The molecule has 1 rings (SSSR count). The molecule has 0 saturated heterocycles. The van der Waals surface area contributed by atoms with E-state index in [0.29, 0.717) is 0 Å². The van der Waals surface area contributed by atoms with Crippen molar-refractivity contribution in [2.24, 2.45) is 0 Å². The Kier molecular flexibility index (Phi) is 6.65. The number of rotatable bonds is 7. The predicted molar refractivity (Wildman–Crippen MR) is 107 cm³/mol. The smallest absolute Gasteiger partial charge is 0.325 e. The minimum Gasteiger partial charge on any atom is -0.544 e. The molecule has 24 heavy (non-hydrogen) atoms. The lowest BCUT2D eigenvalue weighted by molar-refractivity contribution is -0.143. The molecule has 0 fully saturated rings. The number of benzene rings is 1. The number of carbonyl (C=O) groups is 1. The Labute approximate surface area is 149 Å². The van der Waals surface area contributed by atoms with Gasteiger partial charge in [-0.15, -0.1) is 0 Å². The summed E-state index contributed by atoms with van der Waals surface area (Å²) in [5.41, 5.74) is 0.823. The fourth-order valence-corrected chi connectivity index (χ4v) is 4.52. The average Bonchev–Trinajstić information content (AvgIpc) is 2.32. The Balaban J connectivity index is 3.04. The van der Waals surface area contributed by atoms with E-state index < -0.39 is 31.1 Å². The molecule has 0 spiro atoms. The first-order valence-electron chi connectivity index (χ1n) is 8.36. The molecule has 1 atom stereocenters. The van der Waals surface area contributed by atoms with Crippen molar-refractivity contribution in [1.29, 1.82) is 0 Å². The lowest BCUT2D eigenvalue weighted by atomic mass is 10.1. The van der Waals surface area contributed by atoms with Gasteiger partial charge in [0, 0.05) is 0 Å². The van der Waals surface area contributed by atoms with Crippen LogP contribution in [0.2, 0.25) is 58.9 Å². The number of carbonyl (C=O) groups excluding carboxylic acids is 1. The van der Waals surface area contributed by atoms with Gasteiger partial charge in [0.15, 0.2) is 14.4 Å². The highest BCUT2D eigenvalue weighted by Gasteiger charge is 2.32. The third-order valence-corrected chi connectivity index (χ3v) is 5.30. The van der Waals surface area contributed by atoms with Gasteiger partial charge in [0.05, 0.1) is 0 Å². The molecule has 0 bridgehead atoms. The molecule has 0 heterocycles. The Morgan fingerprint density at radius 1 is 0.792 bits per heavy atom. The van der Waals surface area contributed by atoms with E-state index >= 15 is 0 Å². The summed E-state index contributed by atoms with van der Waals surface area (Å²) < 4.78 is 17.8. The summed E-state index contributed by atoms with van der Waals surface area (Å²) in [6.45, 7) is 18.7. The van der Waals surface area contributed by atoms with E-state index in [1.54, 1.807) is 0 Å². The third kappa shape index (κ3) is 8.27. The quantitative estimate of drug-likeness (QED) is 0.608. The normalized spacial score (nSPS) is 14.2. The van der Waals surface area contributed by atoms with Crippen LogP contribution in [0, 0.1) is 0 Å². The van der Waals surface area contributed by atoms with Gasteiger partial charge in [-0.25, -0.2) is 0 Å². The molecule has 136 valence electrons. The monoisotopic (exact) mass is 384 g/mol. The molecule has 0 radical (unpaired) electrons. The molecule has 0 aliphatic carbocycles. The Morgan fingerprint density at radius 3 is 1.67 bits per heavy atom. The second kappa shape index (κ2) is 7.55. The van der Waals surface area contributed by atoms with E-state index in [9.17, 15) is 4.79 Å². The van der Waals surface area contributed by atoms with E-state index in [1.165, 1.54) is 0 Å². The van der Waals surface area contributed by atoms with Crippen molar-refractivity contribution in [2.45, 2.75) is 65.0 Å². The van der Waals surface area contributed by atoms with Crippen molar-refractivity contribution in [2.75, 3.05) is 0 Å². The zero-order valence-electron chi connectivity index (χ0n) is 16.5. The molecule has 4 nitrogen and oxygen atoms in total. The summed E-state index contributed by atoms with van der Waals surface area (Å²) in [7, 11) is -5.51. The first-order valence-corrected chi connectivity index (χ1v) is 18.6. The zero-order chi connectivity index (χ0) is 18.8. The van der Waals surface area contributed by atoms with Crippen molar-refractivity contribution in [3.05, 3.63) is 29.8 Å². The molecule has 0 amide bonds. The molecule has 0 aliphatic heterocycles.